The van der Waals surface area contributed by atoms with Crippen molar-refractivity contribution in [1.82, 2.24) is 5.32 Å². The molecular formula is C17H28ClNO. The average molecular weight is 298 g/mol. The van der Waals surface area contributed by atoms with Crippen LogP contribution in [0.3, 0.4) is 0 Å². The molecule has 1 aromatic rings. The van der Waals surface area contributed by atoms with E-state index >= 15 is 0 Å². The average Bonchev–Trinajstić information content (AvgIpc) is 2.45. The lowest BCUT2D eigenvalue weighted by Gasteiger charge is -2.18. The Kier molecular flexibility index (Phi) is 9.73. The van der Waals surface area contributed by atoms with Crippen molar-refractivity contribution in [3.8, 4) is 0 Å². The molecule has 0 aliphatic heterocycles. The second-order valence-corrected chi connectivity index (χ2v) is 5.73. The van der Waals surface area contributed by atoms with Crippen molar-refractivity contribution in [2.45, 2.75) is 44.9 Å². The van der Waals surface area contributed by atoms with Crippen LogP contribution in [0.2, 0.25) is 5.02 Å². The zero-order chi connectivity index (χ0) is 14.6. The lowest BCUT2D eigenvalue weighted by Crippen LogP contribution is -2.25. The summed E-state index contributed by atoms with van der Waals surface area (Å²) in [5, 5.41) is 4.31. The monoisotopic (exact) mass is 297 g/mol. The minimum absolute atomic E-state index is 0.544. The first-order valence-corrected chi connectivity index (χ1v) is 8.10. The highest BCUT2D eigenvalue weighted by atomic mass is 35.5. The second kappa shape index (κ2) is 11.1. The number of ether oxygens (including phenoxy) is 1. The third-order valence-corrected chi connectivity index (χ3v) is 3.84. The molecule has 1 atom stereocenters. The SMILES string of the molecule is CCCCCCC(CNCCOC)c1cccc(Cl)c1. The molecular weight excluding hydrogens is 270 g/mol. The van der Waals surface area contributed by atoms with Gasteiger partial charge in [-0.25, -0.2) is 0 Å². The molecule has 0 aliphatic carbocycles. The minimum Gasteiger partial charge on any atom is -0.383 e. The maximum absolute atomic E-state index is 6.12. The number of nitrogens with one attached hydrogen (secondary N) is 1. The van der Waals surface area contributed by atoms with E-state index in [1.807, 2.05) is 12.1 Å². The fraction of sp³-hybridized carbons (Fsp3) is 0.647. The van der Waals surface area contributed by atoms with Crippen molar-refractivity contribution in [3.63, 3.8) is 0 Å². The number of benzene rings is 1. The van der Waals surface area contributed by atoms with Crippen LogP contribution in [-0.2, 0) is 4.74 Å². The summed E-state index contributed by atoms with van der Waals surface area (Å²) in [6.07, 6.45) is 6.45. The van der Waals surface area contributed by atoms with Crippen LogP contribution in [0.1, 0.15) is 50.5 Å². The summed E-state index contributed by atoms with van der Waals surface area (Å²) >= 11 is 6.12. The Morgan fingerprint density at radius 1 is 1.25 bits per heavy atom. The van der Waals surface area contributed by atoms with Gasteiger partial charge in [0.2, 0.25) is 0 Å². The molecule has 0 saturated heterocycles. The van der Waals surface area contributed by atoms with Crippen molar-refractivity contribution >= 4 is 11.6 Å². The Labute approximate surface area is 128 Å². The molecule has 0 aliphatic rings. The Morgan fingerprint density at radius 2 is 2.10 bits per heavy atom. The first-order valence-electron chi connectivity index (χ1n) is 7.73. The molecule has 1 aromatic carbocycles. The van der Waals surface area contributed by atoms with Gasteiger partial charge in [-0.1, -0.05) is 56.3 Å². The van der Waals surface area contributed by atoms with Gasteiger partial charge >= 0.3 is 0 Å². The molecule has 0 radical (unpaired) electrons. The highest BCUT2D eigenvalue weighted by Crippen LogP contribution is 2.24. The van der Waals surface area contributed by atoms with Crippen molar-refractivity contribution in [3.05, 3.63) is 34.9 Å². The predicted octanol–water partition coefficient (Wildman–Crippen LogP) is 4.63. The van der Waals surface area contributed by atoms with E-state index in [-0.39, 0.29) is 0 Å². The molecule has 0 heterocycles. The molecule has 3 heteroatoms. The Hall–Kier alpha value is -0.570. The fourth-order valence-electron chi connectivity index (χ4n) is 2.42. The maximum Gasteiger partial charge on any atom is 0.0587 e. The van der Waals surface area contributed by atoms with Crippen molar-refractivity contribution in [2.75, 3.05) is 26.8 Å². The molecule has 0 bridgehead atoms. The molecule has 0 aromatic heterocycles. The molecule has 0 amide bonds. The van der Waals surface area contributed by atoms with Gasteiger partial charge in [-0.05, 0) is 30.0 Å². The molecule has 114 valence electrons. The normalized spacial score (nSPS) is 12.6. The van der Waals surface area contributed by atoms with Gasteiger partial charge in [-0.2, -0.15) is 0 Å². The molecule has 1 unspecified atom stereocenters. The van der Waals surface area contributed by atoms with Crippen molar-refractivity contribution in [1.29, 1.82) is 0 Å². The number of hydrogen-bond donors (Lipinski definition) is 1. The van der Waals surface area contributed by atoms with E-state index in [0.717, 1.165) is 24.7 Å². The van der Waals surface area contributed by atoms with Gasteiger partial charge in [0.05, 0.1) is 6.61 Å². The lowest BCUT2D eigenvalue weighted by atomic mass is 9.93. The Morgan fingerprint density at radius 3 is 2.80 bits per heavy atom. The van der Waals surface area contributed by atoms with E-state index in [4.69, 9.17) is 16.3 Å². The summed E-state index contributed by atoms with van der Waals surface area (Å²) in [5.74, 6) is 0.544. The van der Waals surface area contributed by atoms with E-state index in [1.165, 1.54) is 37.7 Å². The van der Waals surface area contributed by atoms with E-state index in [2.05, 4.69) is 24.4 Å². The number of methoxy groups -OCH3 is 1. The molecule has 0 fully saturated rings. The summed E-state index contributed by atoms with van der Waals surface area (Å²) < 4.78 is 5.08. The van der Waals surface area contributed by atoms with E-state index < -0.39 is 0 Å². The van der Waals surface area contributed by atoms with Gasteiger partial charge in [0.25, 0.3) is 0 Å². The first kappa shape index (κ1) is 17.5. The van der Waals surface area contributed by atoms with Crippen LogP contribution in [0.15, 0.2) is 24.3 Å². The zero-order valence-electron chi connectivity index (χ0n) is 12.8. The van der Waals surface area contributed by atoms with Gasteiger partial charge in [0.15, 0.2) is 0 Å². The number of hydrogen-bond acceptors (Lipinski definition) is 2. The molecule has 2 nitrogen and oxygen atoms in total. The summed E-state index contributed by atoms with van der Waals surface area (Å²) in [4.78, 5) is 0. The van der Waals surface area contributed by atoms with Crippen molar-refractivity contribution < 1.29 is 4.74 Å². The van der Waals surface area contributed by atoms with Gasteiger partial charge in [-0.3, -0.25) is 0 Å². The first-order chi connectivity index (χ1) is 9.77. The number of unbranched alkanes of at least 4 members (excludes halogenated alkanes) is 3. The molecule has 20 heavy (non-hydrogen) atoms. The third kappa shape index (κ3) is 7.28. The van der Waals surface area contributed by atoms with E-state index in [9.17, 15) is 0 Å². The predicted molar refractivity (Wildman–Crippen MR) is 87.7 cm³/mol. The van der Waals surface area contributed by atoms with Gasteiger partial charge < -0.3 is 10.1 Å². The quantitative estimate of drug-likeness (QED) is 0.601. The van der Waals surface area contributed by atoms with Crippen LogP contribution in [0, 0.1) is 0 Å². The van der Waals surface area contributed by atoms with Gasteiger partial charge in [-0.15, -0.1) is 0 Å². The summed E-state index contributed by atoms with van der Waals surface area (Å²) in [7, 11) is 1.74. The van der Waals surface area contributed by atoms with Crippen LogP contribution in [0.4, 0.5) is 0 Å². The van der Waals surface area contributed by atoms with Crippen LogP contribution in [0.5, 0.6) is 0 Å². The Bertz CT molecular complexity index is 345. The summed E-state index contributed by atoms with van der Waals surface area (Å²) in [6.45, 7) is 4.91. The summed E-state index contributed by atoms with van der Waals surface area (Å²) in [5.41, 5.74) is 1.35. The smallest absolute Gasteiger partial charge is 0.0587 e. The highest BCUT2D eigenvalue weighted by molar-refractivity contribution is 6.30. The van der Waals surface area contributed by atoms with E-state index in [1.54, 1.807) is 7.11 Å². The van der Waals surface area contributed by atoms with Gasteiger partial charge in [0, 0.05) is 25.2 Å². The largest absolute Gasteiger partial charge is 0.383 e. The van der Waals surface area contributed by atoms with Gasteiger partial charge in [0.1, 0.15) is 0 Å². The maximum atomic E-state index is 6.12. The fourth-order valence-corrected chi connectivity index (χ4v) is 2.61. The van der Waals surface area contributed by atoms with Crippen LogP contribution in [-0.4, -0.2) is 26.8 Å². The summed E-state index contributed by atoms with van der Waals surface area (Å²) in [6, 6.07) is 8.28. The standard InChI is InChI=1S/C17H28ClNO/c1-3-4-5-6-8-16(14-19-11-12-20-2)15-9-7-10-17(18)13-15/h7,9-10,13,16,19H,3-6,8,11-12,14H2,1-2H3. The van der Waals surface area contributed by atoms with Crippen molar-refractivity contribution in [2.24, 2.45) is 0 Å². The third-order valence-electron chi connectivity index (χ3n) is 3.60. The van der Waals surface area contributed by atoms with Crippen LogP contribution < -0.4 is 5.32 Å². The van der Waals surface area contributed by atoms with E-state index in [0.29, 0.717) is 5.92 Å². The molecule has 0 saturated carbocycles. The topological polar surface area (TPSA) is 21.3 Å². The lowest BCUT2D eigenvalue weighted by molar-refractivity contribution is 0.198. The van der Waals surface area contributed by atoms with Crippen LogP contribution >= 0.6 is 11.6 Å². The number of halogens is 1. The molecule has 1 N–H and O–H groups in total. The highest BCUT2D eigenvalue weighted by Gasteiger charge is 2.11. The Balaban J connectivity index is 2.49. The zero-order valence-corrected chi connectivity index (χ0v) is 13.6. The van der Waals surface area contributed by atoms with Crippen LogP contribution in [0.25, 0.3) is 0 Å². The second-order valence-electron chi connectivity index (χ2n) is 5.30. The number of rotatable bonds is 11. The molecule has 1 rings (SSSR count). The minimum atomic E-state index is 0.544. The molecule has 0 spiro atoms.